The van der Waals surface area contributed by atoms with Gasteiger partial charge in [0, 0.05) is 13.2 Å². The highest BCUT2D eigenvalue weighted by atomic mass is 19.1. The van der Waals surface area contributed by atoms with Gasteiger partial charge in [0.15, 0.2) is 5.82 Å². The molecular formula is C15H21FN2O3. The summed E-state index contributed by atoms with van der Waals surface area (Å²) in [6.07, 6.45) is 0.995. The molecule has 0 aromatic heterocycles. The van der Waals surface area contributed by atoms with Crippen LogP contribution in [-0.4, -0.2) is 30.8 Å². The van der Waals surface area contributed by atoms with Gasteiger partial charge in [-0.2, -0.15) is 0 Å². The molecule has 1 aromatic carbocycles. The number of nitrogen functional groups attached to an aromatic ring is 1. The van der Waals surface area contributed by atoms with Crippen LogP contribution in [0.4, 0.5) is 15.8 Å². The molecule has 1 aliphatic rings. The molecule has 3 N–H and O–H groups in total. The third-order valence-electron chi connectivity index (χ3n) is 3.09. The molecule has 1 aromatic rings. The molecule has 0 aliphatic carbocycles. The molecule has 0 saturated carbocycles. The van der Waals surface area contributed by atoms with Crippen molar-refractivity contribution < 1.29 is 18.7 Å². The zero-order valence-corrected chi connectivity index (χ0v) is 12.5. The van der Waals surface area contributed by atoms with Gasteiger partial charge in [-0.15, -0.1) is 0 Å². The van der Waals surface area contributed by atoms with E-state index in [2.05, 4.69) is 5.32 Å². The van der Waals surface area contributed by atoms with Gasteiger partial charge >= 0.3 is 5.97 Å². The zero-order valence-electron chi connectivity index (χ0n) is 12.5. The number of ether oxygens (including phenoxy) is 2. The van der Waals surface area contributed by atoms with Gasteiger partial charge in [-0.1, -0.05) is 0 Å². The number of carbonyl (C=O) groups is 1. The summed E-state index contributed by atoms with van der Waals surface area (Å²) >= 11 is 0. The summed E-state index contributed by atoms with van der Waals surface area (Å²) in [6, 6.07) is 2.83. The van der Waals surface area contributed by atoms with Crippen molar-refractivity contribution in [3.8, 4) is 0 Å². The monoisotopic (exact) mass is 296 g/mol. The van der Waals surface area contributed by atoms with Crippen LogP contribution in [0.1, 0.15) is 37.6 Å². The number of hydrogen-bond acceptors (Lipinski definition) is 5. The van der Waals surface area contributed by atoms with Crippen LogP contribution in [0.2, 0.25) is 0 Å². The summed E-state index contributed by atoms with van der Waals surface area (Å²) in [5, 5.41) is 2.91. The predicted molar refractivity (Wildman–Crippen MR) is 78.8 cm³/mol. The summed E-state index contributed by atoms with van der Waals surface area (Å²) in [5.41, 5.74) is 5.33. The van der Waals surface area contributed by atoms with Crippen LogP contribution in [0.15, 0.2) is 12.1 Å². The second kappa shape index (κ2) is 5.89. The summed E-state index contributed by atoms with van der Waals surface area (Å²) < 4.78 is 24.9. The first-order valence-electron chi connectivity index (χ1n) is 6.95. The van der Waals surface area contributed by atoms with Crippen molar-refractivity contribution in [1.29, 1.82) is 0 Å². The van der Waals surface area contributed by atoms with E-state index in [9.17, 15) is 9.18 Å². The largest absolute Gasteiger partial charge is 0.456 e. The van der Waals surface area contributed by atoms with E-state index in [4.69, 9.17) is 15.2 Å². The SMILES string of the molecule is CC(C)(C)OC(=O)c1ccc(N)c(NC[C@@H]2CCO2)c1F. The molecule has 1 aliphatic heterocycles. The topological polar surface area (TPSA) is 73.6 Å². The number of hydrogen-bond donors (Lipinski definition) is 2. The minimum Gasteiger partial charge on any atom is -0.456 e. The summed E-state index contributed by atoms with van der Waals surface area (Å²) in [6.45, 7) is 6.37. The van der Waals surface area contributed by atoms with E-state index < -0.39 is 17.4 Å². The van der Waals surface area contributed by atoms with Crippen LogP contribution < -0.4 is 11.1 Å². The molecule has 1 saturated heterocycles. The molecule has 1 fully saturated rings. The van der Waals surface area contributed by atoms with Gasteiger partial charge in [-0.05, 0) is 39.3 Å². The van der Waals surface area contributed by atoms with E-state index in [-0.39, 0.29) is 23.0 Å². The van der Waals surface area contributed by atoms with Crippen LogP contribution in [0.3, 0.4) is 0 Å². The molecule has 0 unspecified atom stereocenters. The maximum Gasteiger partial charge on any atom is 0.341 e. The average molecular weight is 296 g/mol. The minimum absolute atomic E-state index is 0.0639. The number of nitrogens with one attached hydrogen (secondary N) is 1. The highest BCUT2D eigenvalue weighted by Gasteiger charge is 2.24. The molecule has 1 atom stereocenters. The number of halogens is 1. The van der Waals surface area contributed by atoms with Crippen molar-refractivity contribution in [2.45, 2.75) is 38.9 Å². The number of nitrogens with two attached hydrogens (primary N) is 1. The molecule has 0 bridgehead atoms. The van der Waals surface area contributed by atoms with Crippen LogP contribution in [0.25, 0.3) is 0 Å². The Morgan fingerprint density at radius 1 is 1.52 bits per heavy atom. The van der Waals surface area contributed by atoms with E-state index in [1.807, 2.05) is 0 Å². The molecule has 5 nitrogen and oxygen atoms in total. The van der Waals surface area contributed by atoms with Gasteiger partial charge in [-0.25, -0.2) is 9.18 Å². The lowest BCUT2D eigenvalue weighted by Crippen LogP contribution is -2.34. The Bertz CT molecular complexity index is 536. The van der Waals surface area contributed by atoms with Crippen molar-refractivity contribution in [1.82, 2.24) is 0 Å². The van der Waals surface area contributed by atoms with Crippen molar-refractivity contribution in [3.05, 3.63) is 23.5 Å². The molecule has 0 radical (unpaired) electrons. The van der Waals surface area contributed by atoms with Gasteiger partial charge in [0.1, 0.15) is 5.60 Å². The first-order chi connectivity index (χ1) is 9.78. The Kier molecular flexibility index (Phi) is 4.37. The first-order valence-corrected chi connectivity index (χ1v) is 6.95. The average Bonchev–Trinajstić information content (AvgIpc) is 2.28. The van der Waals surface area contributed by atoms with Crippen molar-refractivity contribution >= 4 is 17.3 Å². The van der Waals surface area contributed by atoms with Gasteiger partial charge < -0.3 is 20.5 Å². The number of anilines is 2. The summed E-state index contributed by atoms with van der Waals surface area (Å²) in [4.78, 5) is 12.0. The van der Waals surface area contributed by atoms with E-state index in [1.165, 1.54) is 12.1 Å². The standard InChI is InChI=1S/C15H21FN2O3/c1-15(2,3)21-14(19)10-4-5-11(17)13(12(10)16)18-8-9-6-7-20-9/h4-5,9,18H,6-8,17H2,1-3H3/t9-/m0/s1. The smallest absolute Gasteiger partial charge is 0.341 e. The Morgan fingerprint density at radius 3 is 2.71 bits per heavy atom. The van der Waals surface area contributed by atoms with Crippen LogP contribution >= 0.6 is 0 Å². The van der Waals surface area contributed by atoms with Gasteiger partial charge in [-0.3, -0.25) is 0 Å². The highest BCUT2D eigenvalue weighted by Crippen LogP contribution is 2.27. The third-order valence-corrected chi connectivity index (χ3v) is 3.09. The zero-order chi connectivity index (χ0) is 15.6. The lowest BCUT2D eigenvalue weighted by atomic mass is 10.1. The molecule has 116 valence electrons. The molecule has 0 spiro atoms. The van der Waals surface area contributed by atoms with E-state index in [1.54, 1.807) is 20.8 Å². The fourth-order valence-electron chi connectivity index (χ4n) is 1.92. The highest BCUT2D eigenvalue weighted by molar-refractivity contribution is 5.92. The van der Waals surface area contributed by atoms with E-state index in [0.29, 0.717) is 6.54 Å². The molecule has 21 heavy (non-hydrogen) atoms. The Labute approximate surface area is 123 Å². The number of carbonyl (C=O) groups excluding carboxylic acids is 1. The Morgan fingerprint density at radius 2 is 2.19 bits per heavy atom. The molecule has 0 amide bonds. The number of rotatable bonds is 4. The Hall–Kier alpha value is -1.82. The van der Waals surface area contributed by atoms with E-state index >= 15 is 0 Å². The van der Waals surface area contributed by atoms with E-state index in [0.717, 1.165) is 13.0 Å². The maximum absolute atomic E-state index is 14.4. The minimum atomic E-state index is -0.706. The third kappa shape index (κ3) is 3.85. The lowest BCUT2D eigenvalue weighted by molar-refractivity contribution is -0.0410. The van der Waals surface area contributed by atoms with Gasteiger partial charge in [0.05, 0.1) is 23.0 Å². The normalized spacial score (nSPS) is 18.0. The number of benzene rings is 1. The summed E-state index contributed by atoms with van der Waals surface area (Å²) in [7, 11) is 0. The molecule has 2 rings (SSSR count). The number of esters is 1. The van der Waals surface area contributed by atoms with Gasteiger partial charge in [0.25, 0.3) is 0 Å². The van der Waals surface area contributed by atoms with Crippen molar-refractivity contribution in [2.75, 3.05) is 24.2 Å². The second-order valence-electron chi connectivity index (χ2n) is 6.06. The molecule has 1 heterocycles. The fraction of sp³-hybridized carbons (Fsp3) is 0.533. The van der Waals surface area contributed by atoms with Crippen LogP contribution in [0, 0.1) is 5.82 Å². The maximum atomic E-state index is 14.4. The fourth-order valence-corrected chi connectivity index (χ4v) is 1.92. The quantitative estimate of drug-likeness (QED) is 0.660. The second-order valence-corrected chi connectivity index (χ2v) is 6.06. The van der Waals surface area contributed by atoms with Gasteiger partial charge in [0.2, 0.25) is 0 Å². The van der Waals surface area contributed by atoms with Crippen LogP contribution in [-0.2, 0) is 9.47 Å². The summed E-state index contributed by atoms with van der Waals surface area (Å²) in [5.74, 6) is -1.40. The lowest BCUT2D eigenvalue weighted by Gasteiger charge is -2.27. The first kappa shape index (κ1) is 15.6. The van der Waals surface area contributed by atoms with Crippen molar-refractivity contribution in [2.24, 2.45) is 0 Å². The predicted octanol–water partition coefficient (Wildman–Crippen LogP) is 2.56. The van der Waals surface area contributed by atoms with Crippen molar-refractivity contribution in [3.63, 3.8) is 0 Å². The molecular weight excluding hydrogens is 275 g/mol. The Balaban J connectivity index is 2.17. The van der Waals surface area contributed by atoms with Crippen LogP contribution in [0.5, 0.6) is 0 Å². The molecule has 6 heteroatoms.